The fourth-order valence-corrected chi connectivity index (χ4v) is 7.76. The quantitative estimate of drug-likeness (QED) is 0.709. The fraction of sp³-hybridized carbons (Fsp3) is 0.667. The molecule has 4 atom stereocenters. The van der Waals surface area contributed by atoms with Gasteiger partial charge in [0, 0.05) is 36.9 Å². The molecule has 1 aliphatic heterocycles. The Morgan fingerprint density at radius 3 is 2.44 bits per heavy atom. The lowest BCUT2D eigenvalue weighted by Gasteiger charge is -2.61. The minimum atomic E-state index is -0.250. The Balaban J connectivity index is 1.22. The first-order valence-electron chi connectivity index (χ1n) is 11.9. The molecule has 2 unspecified atom stereocenters. The lowest BCUT2D eigenvalue weighted by Crippen LogP contribution is -2.63. The largest absolute Gasteiger partial charge is 0.368 e. The molecule has 8 heteroatoms. The van der Waals surface area contributed by atoms with E-state index in [1.54, 1.807) is 0 Å². The second-order valence-corrected chi connectivity index (χ2v) is 11.2. The smallest absolute Gasteiger partial charge is 0.229 e. The number of carbonyl (C=O) groups excluding carboxylic acids is 1. The summed E-state index contributed by atoms with van der Waals surface area (Å²) in [4.78, 5) is 20.4. The number of aromatic nitrogens is 4. The van der Waals surface area contributed by atoms with E-state index in [4.69, 9.17) is 11.6 Å². The monoisotopic (exact) mass is 454 g/mol. The van der Waals surface area contributed by atoms with Crippen LogP contribution in [0.1, 0.15) is 49.9 Å². The topological polar surface area (TPSA) is 67.2 Å². The zero-order valence-electron chi connectivity index (χ0n) is 18.9. The summed E-state index contributed by atoms with van der Waals surface area (Å²) < 4.78 is 0. The van der Waals surface area contributed by atoms with Gasteiger partial charge >= 0.3 is 0 Å². The van der Waals surface area contributed by atoms with Gasteiger partial charge in [-0.25, -0.2) is 0 Å². The van der Waals surface area contributed by atoms with Crippen LogP contribution in [0.2, 0.25) is 5.02 Å². The van der Waals surface area contributed by atoms with Gasteiger partial charge in [0.15, 0.2) is 5.82 Å². The first-order valence-corrected chi connectivity index (χ1v) is 12.3. The minimum absolute atomic E-state index is 0.124. The molecule has 7 rings (SSSR count). The summed E-state index contributed by atoms with van der Waals surface area (Å²) in [5.74, 6) is 2.28. The molecule has 170 valence electrons. The average molecular weight is 455 g/mol. The molecular formula is C24H31ClN6O. The van der Waals surface area contributed by atoms with Crippen molar-refractivity contribution in [2.75, 3.05) is 31.1 Å². The molecule has 2 heterocycles. The molecule has 7 nitrogen and oxygen atoms in total. The van der Waals surface area contributed by atoms with Crippen molar-refractivity contribution in [3.63, 3.8) is 0 Å². The summed E-state index contributed by atoms with van der Waals surface area (Å²) in [5.41, 5.74) is 2.04. The highest BCUT2D eigenvalue weighted by Crippen LogP contribution is 2.64. The predicted octanol–water partition coefficient (Wildman–Crippen LogP) is 3.59. The van der Waals surface area contributed by atoms with Crippen LogP contribution in [0.15, 0.2) is 18.2 Å². The second-order valence-electron chi connectivity index (χ2n) is 10.8. The first-order chi connectivity index (χ1) is 15.4. The molecule has 5 fully saturated rings. The molecule has 4 aliphatic carbocycles. The van der Waals surface area contributed by atoms with Crippen molar-refractivity contribution < 1.29 is 4.79 Å². The SMILES string of the molecule is Cc1nnn(C23C[C@@H]4C[C@@H](CC(C(=O)N5CCN(c6cc(Cl)ccc6C)CC5)(C4)C2)C3)n1. The summed E-state index contributed by atoms with van der Waals surface area (Å²) >= 11 is 6.25. The van der Waals surface area contributed by atoms with E-state index in [0.717, 1.165) is 63.3 Å². The van der Waals surface area contributed by atoms with Crippen LogP contribution in [-0.4, -0.2) is 57.2 Å². The van der Waals surface area contributed by atoms with E-state index >= 15 is 0 Å². The third-order valence-corrected chi connectivity index (χ3v) is 8.74. The fourth-order valence-electron chi connectivity index (χ4n) is 7.59. The highest BCUT2D eigenvalue weighted by atomic mass is 35.5. The summed E-state index contributed by atoms with van der Waals surface area (Å²) in [5, 5.41) is 13.9. The molecule has 0 N–H and O–H groups in total. The Morgan fingerprint density at radius 1 is 1.06 bits per heavy atom. The number of anilines is 1. The van der Waals surface area contributed by atoms with Crippen LogP contribution in [0.3, 0.4) is 0 Å². The molecular weight excluding hydrogens is 424 g/mol. The van der Waals surface area contributed by atoms with Crippen molar-refractivity contribution in [3.8, 4) is 0 Å². The van der Waals surface area contributed by atoms with E-state index in [2.05, 4.69) is 38.2 Å². The third-order valence-electron chi connectivity index (χ3n) is 8.50. The van der Waals surface area contributed by atoms with E-state index in [1.165, 1.54) is 17.7 Å². The maximum Gasteiger partial charge on any atom is 0.229 e. The molecule has 32 heavy (non-hydrogen) atoms. The maximum absolute atomic E-state index is 14.0. The van der Waals surface area contributed by atoms with E-state index in [9.17, 15) is 4.79 Å². The standard InChI is InChI=1S/C24H31ClN6O/c1-16-3-4-20(25)10-21(16)29-5-7-30(8-6-29)22(32)23-11-18-9-19(12-23)14-24(13-18,15-23)31-27-17(2)26-28-31/h3-4,10,18-19H,5-9,11-15H2,1-2H3/t18-,19+,23?,24?. The highest BCUT2D eigenvalue weighted by molar-refractivity contribution is 6.30. The minimum Gasteiger partial charge on any atom is -0.368 e. The normalized spacial score (nSPS) is 33.7. The Kier molecular flexibility index (Phi) is 4.59. The van der Waals surface area contributed by atoms with Crippen molar-refractivity contribution >= 4 is 23.2 Å². The number of piperazine rings is 1. The van der Waals surface area contributed by atoms with Crippen LogP contribution in [0.4, 0.5) is 5.69 Å². The van der Waals surface area contributed by atoms with Gasteiger partial charge in [0.25, 0.3) is 0 Å². The lowest BCUT2D eigenvalue weighted by atomic mass is 9.46. The molecule has 4 saturated carbocycles. The maximum atomic E-state index is 14.0. The zero-order chi connectivity index (χ0) is 22.1. The number of hydrogen-bond acceptors (Lipinski definition) is 5. The number of benzene rings is 1. The van der Waals surface area contributed by atoms with Crippen LogP contribution >= 0.6 is 11.6 Å². The van der Waals surface area contributed by atoms with Gasteiger partial charge in [-0.3, -0.25) is 4.79 Å². The average Bonchev–Trinajstić information content (AvgIpc) is 3.21. The number of amides is 1. The molecule has 0 spiro atoms. The molecule has 4 bridgehead atoms. The third kappa shape index (κ3) is 3.15. The molecule has 2 aromatic rings. The number of rotatable bonds is 3. The van der Waals surface area contributed by atoms with Crippen LogP contribution in [-0.2, 0) is 10.3 Å². The van der Waals surface area contributed by atoms with Gasteiger partial charge in [-0.05, 0) is 87.1 Å². The Morgan fingerprint density at radius 2 is 1.78 bits per heavy atom. The Labute approximate surface area is 194 Å². The van der Waals surface area contributed by atoms with Crippen LogP contribution < -0.4 is 4.90 Å². The number of aryl methyl sites for hydroxylation is 2. The summed E-state index contributed by atoms with van der Waals surface area (Å²) in [6.07, 6.45) is 6.38. The van der Waals surface area contributed by atoms with Crippen molar-refractivity contribution in [1.82, 2.24) is 25.1 Å². The van der Waals surface area contributed by atoms with E-state index in [1.807, 2.05) is 23.9 Å². The summed E-state index contributed by atoms with van der Waals surface area (Å²) in [6, 6.07) is 6.06. The van der Waals surface area contributed by atoms with Crippen molar-refractivity contribution in [2.45, 2.75) is 57.9 Å². The number of halogens is 1. The van der Waals surface area contributed by atoms with Gasteiger partial charge in [0.05, 0.1) is 11.0 Å². The molecule has 1 aromatic carbocycles. The van der Waals surface area contributed by atoms with Gasteiger partial charge < -0.3 is 9.80 Å². The first kappa shape index (κ1) is 20.5. The number of tetrazole rings is 1. The molecule has 1 amide bonds. The van der Waals surface area contributed by atoms with E-state index in [-0.39, 0.29) is 11.0 Å². The zero-order valence-corrected chi connectivity index (χ0v) is 19.7. The van der Waals surface area contributed by atoms with Crippen LogP contribution in [0.5, 0.6) is 0 Å². The van der Waals surface area contributed by atoms with Crippen LogP contribution in [0, 0.1) is 31.1 Å². The van der Waals surface area contributed by atoms with Gasteiger partial charge in [0.2, 0.25) is 5.91 Å². The Hall–Kier alpha value is -2.15. The molecule has 5 aliphatic rings. The van der Waals surface area contributed by atoms with Crippen LogP contribution in [0.25, 0.3) is 0 Å². The van der Waals surface area contributed by atoms with Crippen molar-refractivity contribution in [1.29, 1.82) is 0 Å². The Bertz CT molecular complexity index is 1040. The molecule has 1 saturated heterocycles. The van der Waals surface area contributed by atoms with E-state index < -0.39 is 0 Å². The van der Waals surface area contributed by atoms with Gasteiger partial charge in [-0.1, -0.05) is 17.7 Å². The van der Waals surface area contributed by atoms with Gasteiger partial charge in [-0.2, -0.15) is 4.80 Å². The van der Waals surface area contributed by atoms with Gasteiger partial charge in [-0.15, -0.1) is 10.2 Å². The highest BCUT2D eigenvalue weighted by Gasteiger charge is 2.63. The van der Waals surface area contributed by atoms with Crippen molar-refractivity contribution in [3.05, 3.63) is 34.6 Å². The second kappa shape index (κ2) is 7.17. The molecule has 1 aromatic heterocycles. The van der Waals surface area contributed by atoms with Gasteiger partial charge in [0.1, 0.15) is 0 Å². The predicted molar refractivity (Wildman–Crippen MR) is 123 cm³/mol. The number of hydrogen-bond donors (Lipinski definition) is 0. The number of nitrogens with zero attached hydrogens (tertiary/aromatic N) is 6. The number of carbonyl (C=O) groups is 1. The van der Waals surface area contributed by atoms with Crippen molar-refractivity contribution in [2.24, 2.45) is 17.3 Å². The summed E-state index contributed by atoms with van der Waals surface area (Å²) in [6.45, 7) is 7.27. The molecule has 0 radical (unpaired) electrons. The van der Waals surface area contributed by atoms with E-state index in [0.29, 0.717) is 23.6 Å². The lowest BCUT2D eigenvalue weighted by molar-refractivity contribution is -0.168. The summed E-state index contributed by atoms with van der Waals surface area (Å²) in [7, 11) is 0.